The quantitative estimate of drug-likeness (QED) is 0.674. The maximum atomic E-state index is 2.61. The predicted octanol–water partition coefficient (Wildman–Crippen LogP) is 5.98. The highest BCUT2D eigenvalue weighted by Crippen LogP contribution is 2.29. The van der Waals surface area contributed by atoms with Crippen LogP contribution in [0.4, 0.5) is 0 Å². The van der Waals surface area contributed by atoms with Gasteiger partial charge in [0.05, 0.1) is 0 Å². The average molecular weight is 297 g/mol. The maximum absolute atomic E-state index is 2.61. The second-order valence-electron chi connectivity index (χ2n) is 6.35. The van der Waals surface area contributed by atoms with E-state index in [1.165, 1.54) is 54.3 Å². The Kier molecular flexibility index (Phi) is 6.45. The number of rotatable bonds is 3. The molecular weight excluding hydrogens is 266 g/mol. The van der Waals surface area contributed by atoms with E-state index in [1.54, 1.807) is 0 Å². The number of piperidine rings is 1. The highest BCUT2D eigenvalue weighted by molar-refractivity contribution is 5.89. The Labute approximate surface area is 136 Å². The molecule has 0 spiro atoms. The van der Waals surface area contributed by atoms with Crippen molar-refractivity contribution < 1.29 is 0 Å². The number of hydrogen-bond donors (Lipinski definition) is 0. The number of hydrogen-bond acceptors (Lipinski definition) is 1. The standard InChI is InChI=1S/C19H25N.C2H6/c1-15(2)17-11-10-16(14-20-12-6-3-7-13-20)18-8-4-5-9-19(17)18;1-2/h4-5,8-11,15H,3,6-7,12-14H2,1-2H3;1-2H3. The minimum absolute atomic E-state index is 0.587. The van der Waals surface area contributed by atoms with Crippen LogP contribution in [0.15, 0.2) is 36.4 Å². The number of nitrogens with zero attached hydrogens (tertiary/aromatic N) is 1. The molecule has 0 unspecified atom stereocenters. The average Bonchev–Trinajstić information content (AvgIpc) is 2.57. The van der Waals surface area contributed by atoms with Crippen LogP contribution in [-0.4, -0.2) is 18.0 Å². The molecule has 1 saturated heterocycles. The van der Waals surface area contributed by atoms with E-state index >= 15 is 0 Å². The van der Waals surface area contributed by atoms with Crippen LogP contribution in [0, 0.1) is 0 Å². The summed E-state index contributed by atoms with van der Waals surface area (Å²) < 4.78 is 0. The molecule has 0 bridgehead atoms. The molecule has 1 fully saturated rings. The summed E-state index contributed by atoms with van der Waals surface area (Å²) in [6, 6.07) is 13.6. The zero-order valence-corrected chi connectivity index (χ0v) is 14.7. The smallest absolute Gasteiger partial charge is 0.0239 e. The van der Waals surface area contributed by atoms with Gasteiger partial charge in [0.15, 0.2) is 0 Å². The van der Waals surface area contributed by atoms with Crippen LogP contribution >= 0.6 is 0 Å². The summed E-state index contributed by atoms with van der Waals surface area (Å²) in [4.78, 5) is 2.61. The molecule has 22 heavy (non-hydrogen) atoms. The minimum atomic E-state index is 0.587. The van der Waals surface area contributed by atoms with Gasteiger partial charge in [-0.25, -0.2) is 0 Å². The SMILES string of the molecule is CC.CC(C)c1ccc(CN2CCCCC2)c2ccccc12. The number of benzene rings is 2. The summed E-state index contributed by atoms with van der Waals surface area (Å²) in [7, 11) is 0. The zero-order valence-electron chi connectivity index (χ0n) is 14.7. The van der Waals surface area contributed by atoms with Crippen LogP contribution in [0.2, 0.25) is 0 Å². The molecule has 3 rings (SSSR count). The molecular formula is C21H31N. The Hall–Kier alpha value is -1.34. The monoisotopic (exact) mass is 297 g/mol. The first-order chi connectivity index (χ1) is 10.8. The first-order valence-corrected chi connectivity index (χ1v) is 8.98. The molecule has 2 aromatic carbocycles. The normalized spacial score (nSPS) is 15.7. The van der Waals surface area contributed by atoms with Gasteiger partial charge < -0.3 is 0 Å². The van der Waals surface area contributed by atoms with Crippen LogP contribution in [0.1, 0.15) is 64.0 Å². The third-order valence-electron chi connectivity index (χ3n) is 4.51. The van der Waals surface area contributed by atoms with E-state index in [-0.39, 0.29) is 0 Å². The molecule has 1 aliphatic heterocycles. The van der Waals surface area contributed by atoms with Crippen LogP contribution in [0.5, 0.6) is 0 Å². The van der Waals surface area contributed by atoms with Crippen LogP contribution in [-0.2, 0) is 6.54 Å². The number of fused-ring (bicyclic) bond motifs is 1. The fraction of sp³-hybridized carbons (Fsp3) is 0.524. The lowest BCUT2D eigenvalue weighted by Gasteiger charge is -2.27. The second-order valence-corrected chi connectivity index (χ2v) is 6.35. The largest absolute Gasteiger partial charge is 0.299 e. The number of likely N-dealkylation sites (tertiary alicyclic amines) is 1. The van der Waals surface area contributed by atoms with Crippen molar-refractivity contribution in [3.05, 3.63) is 47.5 Å². The van der Waals surface area contributed by atoms with E-state index < -0.39 is 0 Å². The van der Waals surface area contributed by atoms with Gasteiger partial charge in [0.1, 0.15) is 0 Å². The highest BCUT2D eigenvalue weighted by Gasteiger charge is 2.13. The summed E-state index contributed by atoms with van der Waals surface area (Å²) in [5.41, 5.74) is 2.97. The van der Waals surface area contributed by atoms with Crippen molar-refractivity contribution in [2.75, 3.05) is 13.1 Å². The fourth-order valence-electron chi connectivity index (χ4n) is 3.38. The molecule has 0 aliphatic carbocycles. The van der Waals surface area contributed by atoms with E-state index in [1.807, 2.05) is 13.8 Å². The molecule has 1 heterocycles. The van der Waals surface area contributed by atoms with Crippen molar-refractivity contribution in [1.82, 2.24) is 4.90 Å². The first kappa shape index (κ1) is 17.0. The minimum Gasteiger partial charge on any atom is -0.299 e. The Balaban J connectivity index is 0.000000847. The molecule has 0 N–H and O–H groups in total. The molecule has 0 saturated carbocycles. The zero-order chi connectivity index (χ0) is 15.9. The van der Waals surface area contributed by atoms with E-state index in [0.717, 1.165) is 6.54 Å². The van der Waals surface area contributed by atoms with Crippen molar-refractivity contribution in [3.8, 4) is 0 Å². The van der Waals surface area contributed by atoms with Crippen LogP contribution in [0.25, 0.3) is 10.8 Å². The molecule has 0 radical (unpaired) electrons. The summed E-state index contributed by atoms with van der Waals surface area (Å²) >= 11 is 0. The van der Waals surface area contributed by atoms with Gasteiger partial charge in [-0.2, -0.15) is 0 Å². The van der Waals surface area contributed by atoms with Crippen LogP contribution in [0.3, 0.4) is 0 Å². The van der Waals surface area contributed by atoms with Crippen molar-refractivity contribution >= 4 is 10.8 Å². The third kappa shape index (κ3) is 3.89. The second kappa shape index (κ2) is 8.33. The topological polar surface area (TPSA) is 3.24 Å². The van der Waals surface area contributed by atoms with Gasteiger partial charge in [-0.15, -0.1) is 0 Å². The Morgan fingerprint density at radius 3 is 2.14 bits per heavy atom. The maximum Gasteiger partial charge on any atom is 0.0239 e. The van der Waals surface area contributed by atoms with E-state index in [0.29, 0.717) is 5.92 Å². The summed E-state index contributed by atoms with van der Waals surface area (Å²) in [5.74, 6) is 0.587. The van der Waals surface area contributed by atoms with E-state index in [4.69, 9.17) is 0 Å². The Morgan fingerprint density at radius 2 is 1.50 bits per heavy atom. The molecule has 1 heteroatoms. The van der Waals surface area contributed by atoms with Crippen molar-refractivity contribution in [1.29, 1.82) is 0 Å². The molecule has 0 atom stereocenters. The first-order valence-electron chi connectivity index (χ1n) is 8.98. The summed E-state index contributed by atoms with van der Waals surface area (Å²) in [6.45, 7) is 12.2. The molecule has 120 valence electrons. The molecule has 0 aromatic heterocycles. The predicted molar refractivity (Wildman–Crippen MR) is 98.5 cm³/mol. The lowest BCUT2D eigenvalue weighted by molar-refractivity contribution is 0.221. The third-order valence-corrected chi connectivity index (χ3v) is 4.51. The van der Waals surface area contributed by atoms with Gasteiger partial charge in [0, 0.05) is 6.54 Å². The summed E-state index contributed by atoms with van der Waals surface area (Å²) in [5, 5.41) is 2.89. The highest BCUT2D eigenvalue weighted by atomic mass is 15.1. The molecule has 2 aromatic rings. The van der Waals surface area contributed by atoms with Gasteiger partial charge in [-0.3, -0.25) is 4.90 Å². The van der Waals surface area contributed by atoms with E-state index in [2.05, 4.69) is 55.1 Å². The van der Waals surface area contributed by atoms with Crippen LogP contribution < -0.4 is 0 Å². The van der Waals surface area contributed by atoms with Gasteiger partial charge >= 0.3 is 0 Å². The van der Waals surface area contributed by atoms with Crippen molar-refractivity contribution in [2.24, 2.45) is 0 Å². The fourth-order valence-corrected chi connectivity index (χ4v) is 3.38. The molecule has 1 aliphatic rings. The summed E-state index contributed by atoms with van der Waals surface area (Å²) in [6.07, 6.45) is 4.13. The lowest BCUT2D eigenvalue weighted by atomic mass is 9.93. The van der Waals surface area contributed by atoms with Gasteiger partial charge in [0.2, 0.25) is 0 Å². The van der Waals surface area contributed by atoms with E-state index in [9.17, 15) is 0 Å². The Morgan fingerprint density at radius 1 is 0.864 bits per heavy atom. The van der Waals surface area contributed by atoms with Crippen molar-refractivity contribution in [3.63, 3.8) is 0 Å². The van der Waals surface area contributed by atoms with Gasteiger partial charge in [0.25, 0.3) is 0 Å². The molecule has 0 amide bonds. The van der Waals surface area contributed by atoms with Gasteiger partial charge in [-0.1, -0.05) is 70.5 Å². The Bertz CT molecular complexity index is 579. The lowest BCUT2D eigenvalue weighted by Crippen LogP contribution is -2.29. The van der Waals surface area contributed by atoms with Gasteiger partial charge in [-0.05, 0) is 53.7 Å². The molecule has 1 nitrogen and oxygen atoms in total. The van der Waals surface area contributed by atoms with Crippen molar-refractivity contribution in [2.45, 2.75) is 59.4 Å².